The first-order valence-electron chi connectivity index (χ1n) is 13.0. The molecule has 0 unspecified atom stereocenters. The van der Waals surface area contributed by atoms with E-state index >= 15 is 0 Å². The van der Waals surface area contributed by atoms with E-state index in [1.54, 1.807) is 6.20 Å². The zero-order chi connectivity index (χ0) is 24.5. The molecule has 1 aromatic heterocycles. The monoisotopic (exact) mass is 477 g/mol. The Hall–Kier alpha value is -3.53. The van der Waals surface area contributed by atoms with Crippen LogP contribution in [0.1, 0.15) is 42.9 Å². The molecule has 3 aliphatic rings. The largest absolute Gasteiger partial charge is 0.366 e. The van der Waals surface area contributed by atoms with E-state index in [1.165, 1.54) is 16.7 Å². The van der Waals surface area contributed by atoms with Gasteiger partial charge in [-0.05, 0) is 86.2 Å². The lowest BCUT2D eigenvalue weighted by atomic mass is 9.92. The van der Waals surface area contributed by atoms with Crippen LogP contribution < -0.4 is 10.2 Å². The molecule has 0 amide bonds. The summed E-state index contributed by atoms with van der Waals surface area (Å²) in [5.41, 5.74) is 8.90. The van der Waals surface area contributed by atoms with Gasteiger partial charge in [0.05, 0.1) is 22.9 Å². The van der Waals surface area contributed by atoms with Crippen LogP contribution in [-0.2, 0) is 11.2 Å². The molecule has 3 aliphatic heterocycles. The van der Waals surface area contributed by atoms with Crippen molar-refractivity contribution in [1.29, 1.82) is 5.26 Å². The van der Waals surface area contributed by atoms with E-state index < -0.39 is 0 Å². The van der Waals surface area contributed by atoms with E-state index in [4.69, 9.17) is 9.73 Å². The van der Waals surface area contributed by atoms with Gasteiger partial charge in [-0.3, -0.25) is 9.98 Å². The molecular formula is C30H31N5O. The van der Waals surface area contributed by atoms with Crippen molar-refractivity contribution < 1.29 is 4.74 Å². The minimum Gasteiger partial charge on any atom is -0.366 e. The normalized spacial score (nSPS) is 22.3. The van der Waals surface area contributed by atoms with E-state index in [1.807, 2.05) is 12.1 Å². The summed E-state index contributed by atoms with van der Waals surface area (Å²) in [6.45, 7) is 5.65. The number of benzene rings is 2. The van der Waals surface area contributed by atoms with Crippen LogP contribution in [0.3, 0.4) is 0 Å². The zero-order valence-electron chi connectivity index (χ0n) is 20.7. The van der Waals surface area contributed by atoms with Crippen LogP contribution in [-0.4, -0.2) is 49.1 Å². The molecule has 3 aromatic rings. The molecule has 2 aromatic carbocycles. The SMILES string of the molecule is C[C@@H]1CN(c2ccc(C#N)c3ncccc23)C[C@H](C2=Nc3cccc(C4=CCNCC4)c3CCC2)O1. The van der Waals surface area contributed by atoms with Crippen molar-refractivity contribution in [2.75, 3.05) is 31.1 Å². The van der Waals surface area contributed by atoms with E-state index in [-0.39, 0.29) is 12.2 Å². The van der Waals surface area contributed by atoms with E-state index in [2.05, 4.69) is 64.6 Å². The van der Waals surface area contributed by atoms with E-state index in [0.29, 0.717) is 5.56 Å². The Morgan fingerprint density at radius 2 is 2.03 bits per heavy atom. The second-order valence-corrected chi connectivity index (χ2v) is 9.93. The summed E-state index contributed by atoms with van der Waals surface area (Å²) in [6, 6.07) is 16.8. The third-order valence-corrected chi connectivity index (χ3v) is 7.52. The molecule has 0 spiro atoms. The summed E-state index contributed by atoms with van der Waals surface area (Å²) >= 11 is 0. The third kappa shape index (κ3) is 4.30. The predicted molar refractivity (Wildman–Crippen MR) is 145 cm³/mol. The van der Waals surface area contributed by atoms with Gasteiger partial charge in [-0.25, -0.2) is 0 Å². The number of hydrogen-bond acceptors (Lipinski definition) is 6. The summed E-state index contributed by atoms with van der Waals surface area (Å²) < 4.78 is 6.49. The summed E-state index contributed by atoms with van der Waals surface area (Å²) in [5.74, 6) is 0. The summed E-state index contributed by atoms with van der Waals surface area (Å²) in [5, 5.41) is 14.0. The van der Waals surface area contributed by atoms with Gasteiger partial charge in [-0.2, -0.15) is 5.26 Å². The van der Waals surface area contributed by atoms with Crippen molar-refractivity contribution in [3.05, 3.63) is 71.4 Å². The van der Waals surface area contributed by atoms with Crippen LogP contribution >= 0.6 is 0 Å². The van der Waals surface area contributed by atoms with Crippen LogP contribution in [0, 0.1) is 11.3 Å². The van der Waals surface area contributed by atoms with Gasteiger partial charge in [0.15, 0.2) is 0 Å². The Morgan fingerprint density at radius 1 is 1.08 bits per heavy atom. The summed E-state index contributed by atoms with van der Waals surface area (Å²) in [4.78, 5) is 12.1. The molecular weight excluding hydrogens is 446 g/mol. The topological polar surface area (TPSA) is 73.5 Å². The minimum atomic E-state index is -0.0659. The Balaban J connectivity index is 1.33. The minimum absolute atomic E-state index is 0.0659. The fraction of sp³-hybridized carbons (Fsp3) is 0.367. The smallest absolute Gasteiger partial charge is 0.113 e. The highest BCUT2D eigenvalue weighted by Crippen LogP contribution is 2.35. The zero-order valence-corrected chi connectivity index (χ0v) is 20.7. The van der Waals surface area contributed by atoms with Crippen LogP contribution in [0.25, 0.3) is 16.5 Å². The quantitative estimate of drug-likeness (QED) is 0.562. The molecule has 1 fully saturated rings. The van der Waals surface area contributed by atoms with Gasteiger partial charge in [0, 0.05) is 42.6 Å². The van der Waals surface area contributed by atoms with Crippen LogP contribution in [0.5, 0.6) is 0 Å². The highest BCUT2D eigenvalue weighted by Gasteiger charge is 2.31. The Morgan fingerprint density at radius 3 is 2.89 bits per heavy atom. The van der Waals surface area contributed by atoms with Gasteiger partial charge in [-0.15, -0.1) is 0 Å². The molecule has 4 heterocycles. The average molecular weight is 478 g/mol. The molecule has 6 nitrogen and oxygen atoms in total. The van der Waals surface area contributed by atoms with Crippen molar-refractivity contribution in [2.24, 2.45) is 4.99 Å². The second-order valence-electron chi connectivity index (χ2n) is 9.93. The van der Waals surface area contributed by atoms with Crippen LogP contribution in [0.15, 0.2) is 59.7 Å². The van der Waals surface area contributed by atoms with Gasteiger partial charge >= 0.3 is 0 Å². The second kappa shape index (κ2) is 9.85. The lowest BCUT2D eigenvalue weighted by Gasteiger charge is -2.39. The van der Waals surface area contributed by atoms with Crippen molar-refractivity contribution in [1.82, 2.24) is 10.3 Å². The predicted octanol–water partition coefficient (Wildman–Crippen LogP) is 5.19. The highest BCUT2D eigenvalue weighted by atomic mass is 16.5. The molecule has 0 saturated carbocycles. The molecule has 2 atom stereocenters. The van der Waals surface area contributed by atoms with E-state index in [0.717, 1.165) is 79.9 Å². The first kappa shape index (κ1) is 22.9. The summed E-state index contributed by atoms with van der Waals surface area (Å²) in [6.07, 6.45) is 8.21. The first-order valence-corrected chi connectivity index (χ1v) is 13.0. The first-order chi connectivity index (χ1) is 17.7. The van der Waals surface area contributed by atoms with Crippen LogP contribution in [0.4, 0.5) is 11.4 Å². The van der Waals surface area contributed by atoms with Crippen LogP contribution in [0.2, 0.25) is 0 Å². The number of nitrogens with zero attached hydrogens (tertiary/aromatic N) is 4. The molecule has 6 rings (SSSR count). The number of nitriles is 1. The van der Waals surface area contributed by atoms with Gasteiger partial charge in [0.2, 0.25) is 0 Å². The molecule has 0 aliphatic carbocycles. The number of hydrogen-bond donors (Lipinski definition) is 1. The highest BCUT2D eigenvalue weighted by molar-refractivity contribution is 5.96. The number of aromatic nitrogens is 1. The van der Waals surface area contributed by atoms with Gasteiger partial charge in [0.1, 0.15) is 12.2 Å². The van der Waals surface area contributed by atoms with Crippen molar-refractivity contribution in [2.45, 2.75) is 44.8 Å². The van der Waals surface area contributed by atoms with Crippen molar-refractivity contribution in [3.8, 4) is 6.07 Å². The molecule has 182 valence electrons. The summed E-state index contributed by atoms with van der Waals surface area (Å²) in [7, 11) is 0. The Bertz CT molecular complexity index is 1400. The number of anilines is 1. The molecule has 1 saturated heterocycles. The fourth-order valence-corrected chi connectivity index (χ4v) is 5.86. The number of morpholine rings is 1. The van der Waals surface area contributed by atoms with Gasteiger partial charge in [-0.1, -0.05) is 18.2 Å². The number of ether oxygens (including phenoxy) is 1. The number of rotatable bonds is 3. The maximum Gasteiger partial charge on any atom is 0.113 e. The maximum atomic E-state index is 9.55. The standard InChI is InChI=1S/C30H31N5O/c1-20-18-35(28-11-10-22(17-31)30-25(28)7-4-14-33-30)19-29(36-20)27-9-3-6-24-23(5-2-8-26(24)34-27)21-12-15-32-16-13-21/h2,4-5,7-8,10-12,14,20,29,32H,3,6,9,13,15-16,18-19H2,1H3/t20-,29-/m1/s1. The Labute approximate surface area is 212 Å². The van der Waals surface area contributed by atoms with E-state index in [9.17, 15) is 5.26 Å². The lowest BCUT2D eigenvalue weighted by Crippen LogP contribution is -2.49. The third-order valence-electron chi connectivity index (χ3n) is 7.52. The number of nitrogens with one attached hydrogen (secondary N) is 1. The molecule has 0 bridgehead atoms. The molecule has 6 heteroatoms. The van der Waals surface area contributed by atoms with Gasteiger partial charge < -0.3 is 15.0 Å². The van der Waals surface area contributed by atoms with Crippen molar-refractivity contribution in [3.63, 3.8) is 0 Å². The number of fused-ring (bicyclic) bond motifs is 2. The number of aliphatic imine (C=N–C) groups is 1. The average Bonchev–Trinajstić information content (AvgIpc) is 3.15. The van der Waals surface area contributed by atoms with Gasteiger partial charge in [0.25, 0.3) is 0 Å². The maximum absolute atomic E-state index is 9.55. The molecule has 36 heavy (non-hydrogen) atoms. The number of pyridine rings is 1. The molecule has 0 radical (unpaired) electrons. The molecule has 1 N–H and O–H groups in total. The van der Waals surface area contributed by atoms with Crippen molar-refractivity contribution >= 4 is 33.6 Å². The Kier molecular flexibility index (Phi) is 6.27. The fourth-order valence-electron chi connectivity index (χ4n) is 5.86. The lowest BCUT2D eigenvalue weighted by molar-refractivity contribution is 0.0196.